The van der Waals surface area contributed by atoms with E-state index in [2.05, 4.69) is 49.8 Å². The van der Waals surface area contributed by atoms with E-state index in [1.165, 1.54) is 15.6 Å². The topological polar surface area (TPSA) is 19.4 Å². The molecule has 3 aromatic rings. The lowest BCUT2D eigenvalue weighted by Crippen LogP contribution is -2.45. The molecular formula is C16H17N3S2. The van der Waals surface area contributed by atoms with Gasteiger partial charge in [-0.25, -0.2) is 4.98 Å². The van der Waals surface area contributed by atoms with Crippen LogP contribution in [0.1, 0.15) is 5.56 Å². The lowest BCUT2D eigenvalue weighted by molar-refractivity contribution is 0.250. The zero-order valence-electron chi connectivity index (χ0n) is 11.7. The molecule has 0 radical (unpaired) electrons. The first kappa shape index (κ1) is 13.2. The average Bonchev–Trinajstić information content (AvgIpc) is 3.19. The van der Waals surface area contributed by atoms with Crippen LogP contribution in [0.3, 0.4) is 0 Å². The fraction of sp³-hybridized carbons (Fsp3) is 0.312. The van der Waals surface area contributed by atoms with Crippen molar-refractivity contribution in [1.82, 2.24) is 9.88 Å². The number of fused-ring (bicyclic) bond motifs is 1. The molecule has 1 fully saturated rings. The Hall–Kier alpha value is -1.43. The van der Waals surface area contributed by atoms with Crippen molar-refractivity contribution < 1.29 is 0 Å². The number of hydrogen-bond donors (Lipinski definition) is 0. The van der Waals surface area contributed by atoms with Crippen LogP contribution in [0, 0.1) is 0 Å². The van der Waals surface area contributed by atoms with Gasteiger partial charge in [-0.1, -0.05) is 6.07 Å². The van der Waals surface area contributed by atoms with Crippen LogP contribution in [0.5, 0.6) is 0 Å². The highest BCUT2D eigenvalue weighted by Gasteiger charge is 2.18. The fourth-order valence-electron chi connectivity index (χ4n) is 2.84. The van der Waals surface area contributed by atoms with Gasteiger partial charge < -0.3 is 4.90 Å². The minimum atomic E-state index is 1.05. The van der Waals surface area contributed by atoms with Crippen LogP contribution in [0.25, 0.3) is 10.1 Å². The number of piperazine rings is 1. The number of thiazole rings is 1. The van der Waals surface area contributed by atoms with Crippen LogP contribution in [0.4, 0.5) is 5.13 Å². The maximum absolute atomic E-state index is 4.40. The molecule has 5 heteroatoms. The van der Waals surface area contributed by atoms with Gasteiger partial charge in [0.2, 0.25) is 0 Å². The highest BCUT2D eigenvalue weighted by molar-refractivity contribution is 7.17. The predicted octanol–water partition coefficient (Wildman–Crippen LogP) is 3.68. The number of nitrogens with zero attached hydrogens (tertiary/aromatic N) is 3. The van der Waals surface area contributed by atoms with Crippen LogP contribution in [-0.4, -0.2) is 36.1 Å². The molecule has 108 valence electrons. The van der Waals surface area contributed by atoms with Crippen molar-refractivity contribution >= 4 is 37.9 Å². The Labute approximate surface area is 132 Å². The molecule has 1 aliphatic rings. The number of hydrogen-bond acceptors (Lipinski definition) is 5. The maximum Gasteiger partial charge on any atom is 0.185 e. The largest absolute Gasteiger partial charge is 0.346 e. The Morgan fingerprint density at radius 1 is 1.00 bits per heavy atom. The van der Waals surface area contributed by atoms with E-state index in [-0.39, 0.29) is 0 Å². The fourth-order valence-corrected chi connectivity index (χ4v) is 4.31. The Morgan fingerprint density at radius 3 is 2.71 bits per heavy atom. The second-order valence-electron chi connectivity index (χ2n) is 5.37. The number of anilines is 1. The lowest BCUT2D eigenvalue weighted by atomic mass is 10.1. The van der Waals surface area contributed by atoms with Gasteiger partial charge in [-0.3, -0.25) is 4.90 Å². The summed E-state index contributed by atoms with van der Waals surface area (Å²) >= 11 is 3.55. The van der Waals surface area contributed by atoms with Crippen LogP contribution < -0.4 is 4.90 Å². The number of thiophene rings is 1. The molecule has 0 unspecified atom stereocenters. The minimum absolute atomic E-state index is 1.05. The molecule has 3 nitrogen and oxygen atoms in total. The van der Waals surface area contributed by atoms with E-state index >= 15 is 0 Å². The molecule has 1 aliphatic heterocycles. The van der Waals surface area contributed by atoms with Crippen LogP contribution in [-0.2, 0) is 6.54 Å². The molecule has 1 aromatic carbocycles. The van der Waals surface area contributed by atoms with Gasteiger partial charge in [0, 0.05) is 49.0 Å². The van der Waals surface area contributed by atoms with E-state index in [0.717, 1.165) is 37.9 Å². The van der Waals surface area contributed by atoms with E-state index < -0.39 is 0 Å². The molecule has 0 spiro atoms. The Balaban J connectivity index is 1.40. The second kappa shape index (κ2) is 5.75. The molecule has 0 saturated carbocycles. The molecule has 0 atom stereocenters. The zero-order valence-corrected chi connectivity index (χ0v) is 13.4. The third kappa shape index (κ3) is 2.81. The summed E-state index contributed by atoms with van der Waals surface area (Å²) in [6.07, 6.45) is 1.89. The van der Waals surface area contributed by atoms with Crippen molar-refractivity contribution in [3.05, 3.63) is 46.8 Å². The molecule has 21 heavy (non-hydrogen) atoms. The molecule has 0 amide bonds. The normalized spacial score (nSPS) is 16.7. The van der Waals surface area contributed by atoms with Gasteiger partial charge >= 0.3 is 0 Å². The average molecular weight is 315 g/mol. The quantitative estimate of drug-likeness (QED) is 0.735. The van der Waals surface area contributed by atoms with Gasteiger partial charge in [-0.05, 0) is 34.5 Å². The van der Waals surface area contributed by atoms with E-state index in [9.17, 15) is 0 Å². The van der Waals surface area contributed by atoms with E-state index in [0.29, 0.717) is 0 Å². The van der Waals surface area contributed by atoms with Crippen molar-refractivity contribution in [2.45, 2.75) is 6.54 Å². The van der Waals surface area contributed by atoms with Crippen LogP contribution >= 0.6 is 22.7 Å². The van der Waals surface area contributed by atoms with Gasteiger partial charge in [-0.15, -0.1) is 22.7 Å². The summed E-state index contributed by atoms with van der Waals surface area (Å²) in [6.45, 7) is 5.43. The van der Waals surface area contributed by atoms with E-state index in [1.807, 2.05) is 17.5 Å². The molecular weight excluding hydrogens is 298 g/mol. The minimum Gasteiger partial charge on any atom is -0.346 e. The van der Waals surface area contributed by atoms with Crippen LogP contribution in [0.15, 0.2) is 41.2 Å². The number of aromatic nitrogens is 1. The highest BCUT2D eigenvalue weighted by atomic mass is 32.1. The van der Waals surface area contributed by atoms with Crippen molar-refractivity contribution in [3.8, 4) is 0 Å². The molecule has 3 heterocycles. The maximum atomic E-state index is 4.40. The molecule has 0 aliphatic carbocycles. The van der Waals surface area contributed by atoms with Crippen molar-refractivity contribution in [2.24, 2.45) is 0 Å². The second-order valence-corrected chi connectivity index (χ2v) is 7.19. The summed E-state index contributed by atoms with van der Waals surface area (Å²) in [5.74, 6) is 0. The van der Waals surface area contributed by atoms with E-state index in [4.69, 9.17) is 0 Å². The summed E-state index contributed by atoms with van der Waals surface area (Å²) in [5.41, 5.74) is 1.42. The summed E-state index contributed by atoms with van der Waals surface area (Å²) in [6, 6.07) is 9.07. The van der Waals surface area contributed by atoms with Crippen molar-refractivity contribution in [1.29, 1.82) is 0 Å². The molecule has 1 saturated heterocycles. The Bertz CT molecular complexity index is 712. The van der Waals surface area contributed by atoms with Gasteiger partial charge in [0.25, 0.3) is 0 Å². The number of rotatable bonds is 3. The lowest BCUT2D eigenvalue weighted by Gasteiger charge is -2.34. The first-order valence-corrected chi connectivity index (χ1v) is 8.97. The molecule has 2 aromatic heterocycles. The molecule has 4 rings (SSSR count). The molecule has 0 bridgehead atoms. The first-order chi connectivity index (χ1) is 10.4. The van der Waals surface area contributed by atoms with Gasteiger partial charge in [-0.2, -0.15) is 0 Å². The third-order valence-corrected chi connectivity index (χ3v) is 5.72. The van der Waals surface area contributed by atoms with Gasteiger partial charge in [0.05, 0.1) is 0 Å². The first-order valence-electron chi connectivity index (χ1n) is 7.21. The van der Waals surface area contributed by atoms with Gasteiger partial charge in [0.1, 0.15) is 0 Å². The van der Waals surface area contributed by atoms with Crippen molar-refractivity contribution in [3.63, 3.8) is 0 Å². The third-order valence-electron chi connectivity index (χ3n) is 3.99. The Morgan fingerprint density at radius 2 is 1.90 bits per heavy atom. The smallest absolute Gasteiger partial charge is 0.185 e. The predicted molar refractivity (Wildman–Crippen MR) is 91.4 cm³/mol. The molecule has 0 N–H and O–H groups in total. The van der Waals surface area contributed by atoms with Gasteiger partial charge in [0.15, 0.2) is 5.13 Å². The number of benzene rings is 1. The summed E-state index contributed by atoms with van der Waals surface area (Å²) < 4.78 is 1.38. The zero-order chi connectivity index (χ0) is 14.1. The van der Waals surface area contributed by atoms with E-state index in [1.54, 1.807) is 11.3 Å². The monoisotopic (exact) mass is 315 g/mol. The summed E-state index contributed by atoms with van der Waals surface area (Å²) in [7, 11) is 0. The Kier molecular flexibility index (Phi) is 3.63. The van der Waals surface area contributed by atoms with Crippen molar-refractivity contribution in [2.75, 3.05) is 31.1 Å². The highest BCUT2D eigenvalue weighted by Crippen LogP contribution is 2.23. The SMILES string of the molecule is c1csc(N2CCN(Cc3ccc4sccc4c3)CC2)n1. The standard InChI is InChI=1S/C16H17N3S2/c1-2-15-14(3-9-20-15)11-13(1)12-18-5-7-19(8-6-18)16-17-4-10-21-16/h1-4,9-11H,5-8,12H2. The summed E-state index contributed by atoms with van der Waals surface area (Å²) in [4.78, 5) is 9.34. The summed E-state index contributed by atoms with van der Waals surface area (Å²) in [5, 5.41) is 6.76. The van der Waals surface area contributed by atoms with Crippen LogP contribution in [0.2, 0.25) is 0 Å².